The molecule has 0 bridgehead atoms. The van der Waals surface area contributed by atoms with Gasteiger partial charge in [-0.3, -0.25) is 0 Å². The summed E-state index contributed by atoms with van der Waals surface area (Å²) in [5, 5.41) is 2.40. The first-order chi connectivity index (χ1) is 19.0. The van der Waals surface area contributed by atoms with Crippen LogP contribution >= 0.6 is 11.3 Å². The van der Waals surface area contributed by atoms with Gasteiger partial charge >= 0.3 is 0 Å². The molecule has 39 heavy (non-hydrogen) atoms. The Bertz CT molecular complexity index is 2260. The summed E-state index contributed by atoms with van der Waals surface area (Å²) in [7, 11) is 0. The highest BCUT2D eigenvalue weighted by atomic mass is 32.1. The Morgan fingerprint density at radius 3 is 2.08 bits per heavy atom. The number of hydrogen-bond donors (Lipinski definition) is 1. The first-order valence-corrected chi connectivity index (χ1v) is 14.1. The number of benzene rings is 5. The van der Waals surface area contributed by atoms with E-state index < -0.39 is 0 Å². The molecule has 0 unspecified atom stereocenters. The number of rotatable bonds is 1. The van der Waals surface area contributed by atoms with Gasteiger partial charge in [0, 0.05) is 33.6 Å². The normalized spacial score (nSPS) is 12.5. The zero-order valence-corrected chi connectivity index (χ0v) is 22.8. The second kappa shape index (κ2) is 8.01. The van der Waals surface area contributed by atoms with Crippen molar-refractivity contribution in [3.05, 3.63) is 103 Å². The smallest absolute Gasteiger partial charge is 0.153 e. The third kappa shape index (κ3) is 3.36. The van der Waals surface area contributed by atoms with Gasteiger partial charge in [0.1, 0.15) is 0 Å². The van der Waals surface area contributed by atoms with Crippen molar-refractivity contribution in [3.8, 4) is 5.69 Å². The predicted molar refractivity (Wildman–Crippen MR) is 166 cm³/mol. The summed E-state index contributed by atoms with van der Waals surface area (Å²) in [4.78, 5) is 3.70. The summed E-state index contributed by atoms with van der Waals surface area (Å²) >= 11 is 1.85. The van der Waals surface area contributed by atoms with E-state index in [0.717, 1.165) is 38.9 Å². The lowest BCUT2D eigenvalue weighted by Gasteiger charge is -2.28. The highest BCUT2D eigenvalue weighted by molar-refractivity contribution is 7.24. The van der Waals surface area contributed by atoms with E-state index >= 15 is 0 Å². The molecule has 0 radical (unpaired) electrons. The molecule has 3 aromatic heterocycles. The topological polar surface area (TPSA) is 38.8 Å². The molecule has 190 valence electrons. The van der Waals surface area contributed by atoms with Crippen LogP contribution in [0.15, 0.2) is 108 Å². The van der Waals surface area contributed by atoms with Gasteiger partial charge in [-0.2, -0.15) is 0 Å². The fraction of sp³-hybridized carbons (Fsp3) is 0.118. The van der Waals surface area contributed by atoms with Crippen molar-refractivity contribution in [3.63, 3.8) is 0 Å². The maximum absolute atomic E-state index is 6.46. The second-order valence-corrected chi connectivity index (χ2v) is 12.3. The van der Waals surface area contributed by atoms with E-state index in [9.17, 15) is 0 Å². The summed E-state index contributed by atoms with van der Waals surface area (Å²) in [6, 6.07) is 36.6. The standard InChI is InChI=1S/C34H27N3OS/c1-34(2,3)37-27-14-8-10-16-32(27)39-33-20-25-23(18-29(33)37)22-17-28-31(19-24(22)35-25)38-30-15-9-7-13-26(30)36(28)21-11-5-4-6-12-21/h4-20,35H,1-3H3. The molecular formula is C34H27N3OS. The van der Waals surface area contributed by atoms with E-state index in [0.29, 0.717) is 0 Å². The van der Waals surface area contributed by atoms with Crippen LogP contribution in [0.2, 0.25) is 0 Å². The zero-order valence-electron chi connectivity index (χ0n) is 22.0. The van der Waals surface area contributed by atoms with E-state index in [1.165, 1.54) is 31.2 Å². The first kappa shape index (κ1) is 22.5. The van der Waals surface area contributed by atoms with Gasteiger partial charge in [0.15, 0.2) is 11.2 Å². The molecule has 0 saturated carbocycles. The minimum Gasteiger partial charge on any atom is -0.453 e. The molecule has 1 N–H and O–H groups in total. The Hall–Kier alpha value is -4.48. The van der Waals surface area contributed by atoms with E-state index in [4.69, 9.17) is 4.42 Å². The molecule has 0 aliphatic rings. The van der Waals surface area contributed by atoms with Crippen LogP contribution in [-0.4, -0.2) is 14.1 Å². The molecule has 0 atom stereocenters. The van der Waals surface area contributed by atoms with E-state index in [-0.39, 0.29) is 5.54 Å². The molecule has 0 spiro atoms. The SMILES string of the molecule is CC(C)(C)n1c2ccccc2sc2cc3[nH]c4cc5oc6ccccc6n(-c6ccccc6)c5cc4c3cc21. The minimum atomic E-state index is -0.0769. The zero-order chi connectivity index (χ0) is 26.3. The van der Waals surface area contributed by atoms with Crippen LogP contribution in [0.1, 0.15) is 20.8 Å². The molecule has 0 fully saturated rings. The third-order valence-corrected chi connectivity index (χ3v) is 8.69. The van der Waals surface area contributed by atoms with E-state index in [1.807, 2.05) is 23.5 Å². The Kier molecular flexibility index (Phi) is 4.62. The van der Waals surface area contributed by atoms with Gasteiger partial charge < -0.3 is 18.5 Å². The van der Waals surface area contributed by atoms with Crippen LogP contribution < -0.4 is 0 Å². The molecule has 0 amide bonds. The fourth-order valence-corrected chi connectivity index (χ4v) is 7.06. The number of para-hydroxylation sites is 4. The van der Waals surface area contributed by atoms with Crippen LogP contribution in [0.3, 0.4) is 0 Å². The Labute approximate surface area is 229 Å². The monoisotopic (exact) mass is 525 g/mol. The molecule has 0 aliphatic carbocycles. The van der Waals surface area contributed by atoms with Crippen LogP contribution in [0, 0.1) is 0 Å². The average molecular weight is 526 g/mol. The van der Waals surface area contributed by atoms with Crippen molar-refractivity contribution in [1.29, 1.82) is 0 Å². The van der Waals surface area contributed by atoms with Gasteiger partial charge in [0.2, 0.25) is 0 Å². The number of hydrogen-bond acceptors (Lipinski definition) is 2. The first-order valence-electron chi connectivity index (χ1n) is 13.3. The lowest BCUT2D eigenvalue weighted by Crippen LogP contribution is -2.22. The van der Waals surface area contributed by atoms with Crippen LogP contribution in [0.25, 0.3) is 70.1 Å². The van der Waals surface area contributed by atoms with Gasteiger partial charge in [0.25, 0.3) is 0 Å². The quantitative estimate of drug-likeness (QED) is 0.213. The van der Waals surface area contributed by atoms with Gasteiger partial charge in [-0.1, -0.05) is 42.5 Å². The molecule has 8 aromatic rings. The molecule has 8 rings (SSSR count). The molecular weight excluding hydrogens is 498 g/mol. The van der Waals surface area contributed by atoms with Crippen molar-refractivity contribution >= 4 is 75.8 Å². The molecule has 4 nitrogen and oxygen atoms in total. The maximum Gasteiger partial charge on any atom is 0.153 e. The summed E-state index contributed by atoms with van der Waals surface area (Å²) < 4.78 is 13.8. The van der Waals surface area contributed by atoms with Crippen LogP contribution in [0.5, 0.6) is 0 Å². The van der Waals surface area contributed by atoms with Gasteiger partial charge in [0.05, 0.1) is 37.0 Å². The maximum atomic E-state index is 6.46. The van der Waals surface area contributed by atoms with Crippen molar-refractivity contribution in [2.45, 2.75) is 26.3 Å². The lowest BCUT2D eigenvalue weighted by atomic mass is 10.1. The van der Waals surface area contributed by atoms with Crippen LogP contribution in [-0.2, 0) is 5.54 Å². The summed E-state index contributed by atoms with van der Waals surface area (Å²) in [6.07, 6.45) is 0. The number of H-pyrrole nitrogens is 1. The van der Waals surface area contributed by atoms with E-state index in [1.54, 1.807) is 0 Å². The number of aromatic nitrogens is 3. The molecule has 3 heterocycles. The third-order valence-electron chi connectivity index (χ3n) is 7.58. The minimum absolute atomic E-state index is 0.0769. The molecule has 0 aliphatic heterocycles. The number of aromatic amines is 1. The Balaban J connectivity index is 1.53. The molecule has 5 aromatic carbocycles. The number of nitrogens with zero attached hydrogens (tertiary/aromatic N) is 2. The number of nitrogens with one attached hydrogen (secondary N) is 1. The highest BCUT2D eigenvalue weighted by Crippen LogP contribution is 2.39. The van der Waals surface area contributed by atoms with Gasteiger partial charge in [-0.05, 0) is 75.4 Å². The lowest BCUT2D eigenvalue weighted by molar-refractivity contribution is 0.422. The summed E-state index contributed by atoms with van der Waals surface area (Å²) in [6.45, 7) is 6.85. The predicted octanol–water partition coefficient (Wildman–Crippen LogP) is 10.1. The summed E-state index contributed by atoms with van der Waals surface area (Å²) in [5.74, 6) is 0. The van der Waals surface area contributed by atoms with Crippen molar-refractivity contribution in [2.75, 3.05) is 0 Å². The highest BCUT2D eigenvalue weighted by Gasteiger charge is 2.20. The molecule has 5 heteroatoms. The van der Waals surface area contributed by atoms with Crippen molar-refractivity contribution in [1.82, 2.24) is 14.1 Å². The molecule has 0 saturated heterocycles. The fourth-order valence-electron chi connectivity index (χ4n) is 5.98. The second-order valence-electron chi connectivity index (χ2n) is 11.2. The van der Waals surface area contributed by atoms with Crippen molar-refractivity contribution in [2.24, 2.45) is 0 Å². The average Bonchev–Trinajstić information content (AvgIpc) is 3.28. The van der Waals surface area contributed by atoms with Crippen LogP contribution in [0.4, 0.5) is 0 Å². The Morgan fingerprint density at radius 2 is 1.28 bits per heavy atom. The largest absolute Gasteiger partial charge is 0.453 e. The van der Waals surface area contributed by atoms with E-state index in [2.05, 4.69) is 126 Å². The summed E-state index contributed by atoms with van der Waals surface area (Å²) in [5.41, 5.74) is 9.54. The van der Waals surface area contributed by atoms with Gasteiger partial charge in [-0.25, -0.2) is 0 Å². The van der Waals surface area contributed by atoms with Crippen molar-refractivity contribution < 1.29 is 4.42 Å². The Morgan fingerprint density at radius 1 is 0.615 bits per heavy atom. The van der Waals surface area contributed by atoms with Gasteiger partial charge in [-0.15, -0.1) is 11.3 Å². The number of fused-ring (bicyclic) bond motifs is 7.